The number of halogens is 1. The normalized spacial score (nSPS) is 11.0. The van der Waals surface area contributed by atoms with Gasteiger partial charge in [-0.05, 0) is 68.3 Å². The van der Waals surface area contributed by atoms with Crippen molar-refractivity contribution in [2.75, 3.05) is 0 Å². The second kappa shape index (κ2) is 8.50. The van der Waals surface area contributed by atoms with Gasteiger partial charge in [-0.1, -0.05) is 54.1 Å². The third-order valence-electron chi connectivity index (χ3n) is 4.43. The highest BCUT2D eigenvalue weighted by molar-refractivity contribution is 6.30. The van der Waals surface area contributed by atoms with Crippen molar-refractivity contribution < 1.29 is 9.59 Å². The largest absolute Gasteiger partial charge is 0.272 e. The third-order valence-corrected chi connectivity index (χ3v) is 4.68. The fourth-order valence-electron chi connectivity index (χ4n) is 2.86. The quantitative estimate of drug-likeness (QED) is 0.576. The van der Waals surface area contributed by atoms with Crippen LogP contribution in [0.4, 0.5) is 0 Å². The molecule has 0 aliphatic carbocycles. The Morgan fingerprint density at radius 1 is 0.759 bits per heavy atom. The van der Waals surface area contributed by atoms with Crippen LogP contribution in [-0.4, -0.2) is 22.4 Å². The molecule has 0 heterocycles. The molecule has 0 aliphatic rings. The summed E-state index contributed by atoms with van der Waals surface area (Å²) in [4.78, 5) is 25.8. The maximum Gasteiger partial charge on any atom is 0.272 e. The van der Waals surface area contributed by atoms with E-state index < -0.39 is 5.54 Å². The van der Waals surface area contributed by atoms with Gasteiger partial charge in [0.1, 0.15) is 0 Å². The lowest BCUT2D eigenvalue weighted by molar-refractivity contribution is 0.0358. The van der Waals surface area contributed by atoms with E-state index in [2.05, 4.69) is 5.43 Å². The molecule has 0 aliphatic heterocycles. The van der Waals surface area contributed by atoms with Gasteiger partial charge in [0, 0.05) is 16.1 Å². The third kappa shape index (κ3) is 5.04. The van der Waals surface area contributed by atoms with E-state index in [-0.39, 0.29) is 11.8 Å². The van der Waals surface area contributed by atoms with Crippen LogP contribution in [-0.2, 0) is 0 Å². The van der Waals surface area contributed by atoms with Gasteiger partial charge in [0.15, 0.2) is 0 Å². The van der Waals surface area contributed by atoms with Gasteiger partial charge in [-0.3, -0.25) is 15.0 Å². The number of nitrogens with zero attached hydrogens (tertiary/aromatic N) is 1. The molecule has 0 bridgehead atoms. The summed E-state index contributed by atoms with van der Waals surface area (Å²) >= 11 is 5.89. The van der Waals surface area contributed by atoms with Crippen LogP contribution in [0.25, 0.3) is 11.1 Å². The summed E-state index contributed by atoms with van der Waals surface area (Å²) in [5.74, 6) is -0.648. The highest BCUT2D eigenvalue weighted by Crippen LogP contribution is 2.21. The predicted octanol–water partition coefficient (Wildman–Crippen LogP) is 5.59. The lowest BCUT2D eigenvalue weighted by Gasteiger charge is -2.35. The van der Waals surface area contributed by atoms with E-state index in [1.54, 1.807) is 36.4 Å². The number of nitrogens with one attached hydrogen (secondary N) is 1. The van der Waals surface area contributed by atoms with Crippen LogP contribution in [0.15, 0.2) is 78.9 Å². The Bertz CT molecular complexity index is 992. The Morgan fingerprint density at radius 3 is 1.83 bits per heavy atom. The Hall–Kier alpha value is -3.11. The number of hydrogen-bond acceptors (Lipinski definition) is 2. The average molecular weight is 407 g/mol. The zero-order valence-electron chi connectivity index (χ0n) is 16.6. The SMILES string of the molecule is CC(C)(C)N(NC(=O)c1ccc(Cl)cc1)C(=O)c1ccc(-c2ccccc2)cc1. The molecule has 3 aromatic carbocycles. The number of carbonyl (C=O) groups is 2. The van der Waals surface area contributed by atoms with E-state index in [0.717, 1.165) is 11.1 Å². The van der Waals surface area contributed by atoms with Crippen molar-refractivity contribution in [1.82, 2.24) is 10.4 Å². The molecule has 5 heteroatoms. The van der Waals surface area contributed by atoms with Crippen molar-refractivity contribution in [3.63, 3.8) is 0 Å². The highest BCUT2D eigenvalue weighted by atomic mass is 35.5. The van der Waals surface area contributed by atoms with Crippen molar-refractivity contribution in [2.45, 2.75) is 26.3 Å². The van der Waals surface area contributed by atoms with Gasteiger partial charge in [-0.15, -0.1) is 0 Å². The molecule has 0 radical (unpaired) electrons. The molecule has 3 aromatic rings. The van der Waals surface area contributed by atoms with Crippen LogP contribution in [0, 0.1) is 0 Å². The minimum Gasteiger partial charge on any atom is -0.267 e. The van der Waals surface area contributed by atoms with E-state index in [0.29, 0.717) is 16.1 Å². The summed E-state index contributed by atoms with van der Waals surface area (Å²) in [6.07, 6.45) is 0. The molecule has 0 aromatic heterocycles. The van der Waals surface area contributed by atoms with Crippen molar-refractivity contribution in [3.8, 4) is 11.1 Å². The van der Waals surface area contributed by atoms with Crippen LogP contribution < -0.4 is 5.43 Å². The summed E-state index contributed by atoms with van der Waals surface area (Å²) in [5.41, 5.74) is 5.15. The number of hydrazine groups is 1. The van der Waals surface area contributed by atoms with Crippen molar-refractivity contribution in [1.29, 1.82) is 0 Å². The van der Waals surface area contributed by atoms with Crippen molar-refractivity contribution in [2.24, 2.45) is 0 Å². The highest BCUT2D eigenvalue weighted by Gasteiger charge is 2.29. The Morgan fingerprint density at radius 2 is 1.28 bits per heavy atom. The second-order valence-corrected chi connectivity index (χ2v) is 8.14. The molecule has 0 atom stereocenters. The minimum atomic E-state index is -0.614. The summed E-state index contributed by atoms with van der Waals surface area (Å²) in [5, 5.41) is 1.91. The summed E-state index contributed by atoms with van der Waals surface area (Å²) in [6, 6.07) is 23.8. The fourth-order valence-corrected chi connectivity index (χ4v) is 2.98. The zero-order valence-corrected chi connectivity index (χ0v) is 17.4. The number of carbonyl (C=O) groups excluding carboxylic acids is 2. The topological polar surface area (TPSA) is 49.4 Å². The number of hydrogen-bond donors (Lipinski definition) is 1. The molecule has 0 saturated carbocycles. The molecule has 0 saturated heterocycles. The number of benzene rings is 3. The van der Waals surface area contributed by atoms with Crippen LogP contribution in [0.2, 0.25) is 5.02 Å². The second-order valence-electron chi connectivity index (χ2n) is 7.70. The van der Waals surface area contributed by atoms with Crippen molar-refractivity contribution >= 4 is 23.4 Å². The molecule has 148 valence electrons. The first-order valence-corrected chi connectivity index (χ1v) is 9.70. The van der Waals surface area contributed by atoms with Gasteiger partial charge in [0.2, 0.25) is 0 Å². The molecular formula is C24H23ClN2O2. The number of amides is 2. The average Bonchev–Trinajstić information content (AvgIpc) is 2.72. The lowest BCUT2D eigenvalue weighted by Crippen LogP contribution is -2.55. The molecule has 29 heavy (non-hydrogen) atoms. The molecule has 0 fully saturated rings. The molecule has 4 nitrogen and oxygen atoms in total. The van der Waals surface area contributed by atoms with Crippen LogP contribution >= 0.6 is 11.6 Å². The maximum absolute atomic E-state index is 13.2. The van der Waals surface area contributed by atoms with Gasteiger partial charge in [-0.2, -0.15) is 0 Å². The Kier molecular flexibility index (Phi) is 6.04. The van der Waals surface area contributed by atoms with Crippen LogP contribution in [0.1, 0.15) is 41.5 Å². The molecule has 0 unspecified atom stereocenters. The standard InChI is InChI=1S/C24H23ClN2O2/c1-24(2,3)27(26-22(28)19-13-15-21(25)16-14-19)23(29)20-11-9-18(10-12-20)17-7-5-4-6-8-17/h4-16H,1-3H3,(H,26,28). The van der Waals surface area contributed by atoms with Crippen LogP contribution in [0.3, 0.4) is 0 Å². The maximum atomic E-state index is 13.2. The molecule has 0 spiro atoms. The van der Waals surface area contributed by atoms with Crippen LogP contribution in [0.5, 0.6) is 0 Å². The molecule has 1 N–H and O–H groups in total. The van der Waals surface area contributed by atoms with E-state index in [9.17, 15) is 9.59 Å². The zero-order chi connectivity index (χ0) is 21.0. The van der Waals surface area contributed by atoms with Gasteiger partial charge in [0.25, 0.3) is 11.8 Å². The monoisotopic (exact) mass is 406 g/mol. The first-order valence-electron chi connectivity index (χ1n) is 9.32. The summed E-state index contributed by atoms with van der Waals surface area (Å²) < 4.78 is 0. The van der Waals surface area contributed by atoms with Gasteiger partial charge in [-0.25, -0.2) is 5.01 Å². The molecular weight excluding hydrogens is 384 g/mol. The Balaban J connectivity index is 1.82. The summed E-state index contributed by atoms with van der Waals surface area (Å²) in [6.45, 7) is 5.60. The first kappa shape index (κ1) is 20.6. The van der Waals surface area contributed by atoms with Gasteiger partial charge < -0.3 is 0 Å². The number of rotatable bonds is 3. The predicted molar refractivity (Wildman–Crippen MR) is 117 cm³/mol. The van der Waals surface area contributed by atoms with Gasteiger partial charge in [0.05, 0.1) is 5.54 Å². The first-order chi connectivity index (χ1) is 13.8. The van der Waals surface area contributed by atoms with E-state index in [1.807, 2.05) is 63.2 Å². The minimum absolute atomic E-state index is 0.278. The fraction of sp³-hybridized carbons (Fsp3) is 0.167. The lowest BCUT2D eigenvalue weighted by atomic mass is 10.0. The summed E-state index contributed by atoms with van der Waals surface area (Å²) in [7, 11) is 0. The molecule has 3 rings (SSSR count). The smallest absolute Gasteiger partial charge is 0.267 e. The van der Waals surface area contributed by atoms with E-state index >= 15 is 0 Å². The molecule has 2 amide bonds. The van der Waals surface area contributed by atoms with E-state index in [1.165, 1.54) is 5.01 Å². The van der Waals surface area contributed by atoms with Gasteiger partial charge >= 0.3 is 0 Å². The van der Waals surface area contributed by atoms with E-state index in [4.69, 9.17) is 11.6 Å². The Labute approximate surface area is 176 Å². The van der Waals surface area contributed by atoms with Crippen molar-refractivity contribution in [3.05, 3.63) is 95.0 Å².